The Morgan fingerprint density at radius 3 is 1.96 bits per heavy atom. The van der Waals surface area contributed by atoms with Crippen LogP contribution in [0, 0.1) is 6.92 Å². The third kappa shape index (κ3) is 9.04. The first-order valence-electron chi connectivity index (χ1n) is 14.6. The summed E-state index contributed by atoms with van der Waals surface area (Å²) in [6, 6.07) is 25.8. The van der Waals surface area contributed by atoms with Gasteiger partial charge in [-0.2, -0.15) is 0 Å². The van der Waals surface area contributed by atoms with Gasteiger partial charge in [-0.3, -0.25) is 13.9 Å². The van der Waals surface area contributed by atoms with Crippen molar-refractivity contribution in [3.05, 3.63) is 129 Å². The lowest BCUT2D eigenvalue weighted by molar-refractivity contribution is -0.140. The van der Waals surface area contributed by atoms with Gasteiger partial charge in [0.1, 0.15) is 12.6 Å². The minimum atomic E-state index is -4.26. The fourth-order valence-electron chi connectivity index (χ4n) is 4.83. The molecule has 0 unspecified atom stereocenters. The van der Waals surface area contributed by atoms with E-state index >= 15 is 0 Å². The van der Waals surface area contributed by atoms with Crippen molar-refractivity contribution in [1.82, 2.24) is 10.2 Å². The number of hydrogen-bond donors (Lipinski definition) is 1. The molecule has 4 aromatic carbocycles. The predicted molar refractivity (Wildman–Crippen MR) is 186 cm³/mol. The van der Waals surface area contributed by atoms with Crippen LogP contribution in [0.15, 0.2) is 102 Å². The van der Waals surface area contributed by atoms with Gasteiger partial charge in [0.25, 0.3) is 10.0 Å². The van der Waals surface area contributed by atoms with Crippen LogP contribution in [-0.4, -0.2) is 43.3 Å². The van der Waals surface area contributed by atoms with E-state index in [1.54, 1.807) is 42.5 Å². The molecule has 1 atom stereocenters. The zero-order valence-electron chi connectivity index (χ0n) is 26.0. The van der Waals surface area contributed by atoms with Crippen molar-refractivity contribution < 1.29 is 18.0 Å². The molecule has 0 aliphatic rings. The van der Waals surface area contributed by atoms with E-state index < -0.39 is 40.0 Å². The van der Waals surface area contributed by atoms with Gasteiger partial charge in [0.2, 0.25) is 11.8 Å². The van der Waals surface area contributed by atoms with Gasteiger partial charge in [-0.15, -0.1) is 0 Å². The minimum absolute atomic E-state index is 0.0442. The number of nitrogens with zero attached hydrogens (tertiary/aromatic N) is 2. The summed E-state index contributed by atoms with van der Waals surface area (Å²) in [6.07, 6.45) is 0.158. The quantitative estimate of drug-likeness (QED) is 0.174. The van der Waals surface area contributed by atoms with Crippen molar-refractivity contribution in [2.45, 2.75) is 57.1 Å². The summed E-state index contributed by atoms with van der Waals surface area (Å²) in [4.78, 5) is 29.9. The lowest BCUT2D eigenvalue weighted by Crippen LogP contribution is -2.56. The highest BCUT2D eigenvalue weighted by atomic mass is 35.5. The normalized spacial score (nSPS) is 12.3. The molecule has 0 heterocycles. The Morgan fingerprint density at radius 1 is 0.804 bits per heavy atom. The highest BCUT2D eigenvalue weighted by Crippen LogP contribution is 2.29. The maximum absolute atomic E-state index is 14.6. The zero-order valence-corrected chi connectivity index (χ0v) is 29.1. The fourth-order valence-corrected chi connectivity index (χ4v) is 6.89. The second kappa shape index (κ2) is 14.9. The molecule has 46 heavy (non-hydrogen) atoms. The van der Waals surface area contributed by atoms with E-state index in [-0.39, 0.29) is 23.5 Å². The second-order valence-corrected chi connectivity index (χ2v) is 15.1. The molecule has 0 saturated carbocycles. The van der Waals surface area contributed by atoms with E-state index in [9.17, 15) is 18.0 Å². The SMILES string of the molecule is Cc1ccc(N(CC(=O)N(Cc2c(Cl)cccc2Cl)[C@@H](Cc2ccccc2)C(=O)NC(C)(C)C)S(=O)(=O)c2ccc(Cl)cc2)cc1. The number of aryl methyl sites for hydroxylation is 1. The van der Waals surface area contributed by atoms with Gasteiger partial charge >= 0.3 is 0 Å². The summed E-state index contributed by atoms with van der Waals surface area (Å²) in [6.45, 7) is 6.67. The summed E-state index contributed by atoms with van der Waals surface area (Å²) in [5.74, 6) is -1.03. The van der Waals surface area contributed by atoms with E-state index in [0.717, 1.165) is 15.4 Å². The average molecular weight is 701 g/mol. The Morgan fingerprint density at radius 2 is 1.39 bits per heavy atom. The van der Waals surface area contributed by atoms with Crippen LogP contribution < -0.4 is 9.62 Å². The van der Waals surface area contributed by atoms with Gasteiger partial charge in [-0.1, -0.05) is 88.9 Å². The first-order chi connectivity index (χ1) is 21.7. The van der Waals surface area contributed by atoms with Crippen molar-refractivity contribution in [3.63, 3.8) is 0 Å². The molecule has 0 fully saturated rings. The number of carbonyl (C=O) groups is 2. The molecule has 0 aliphatic carbocycles. The number of hydrogen-bond acceptors (Lipinski definition) is 4. The molecule has 11 heteroatoms. The van der Waals surface area contributed by atoms with Crippen LogP contribution >= 0.6 is 34.8 Å². The largest absolute Gasteiger partial charge is 0.350 e. The Balaban J connectivity index is 1.85. The predicted octanol–water partition coefficient (Wildman–Crippen LogP) is 7.71. The van der Waals surface area contributed by atoms with Crippen LogP contribution in [-0.2, 0) is 32.6 Å². The van der Waals surface area contributed by atoms with Gasteiger partial charge in [0.05, 0.1) is 10.6 Å². The minimum Gasteiger partial charge on any atom is -0.350 e. The third-order valence-electron chi connectivity index (χ3n) is 7.16. The van der Waals surface area contributed by atoms with Gasteiger partial charge in [0.15, 0.2) is 0 Å². The molecule has 0 aliphatic heterocycles. The summed E-state index contributed by atoms with van der Waals surface area (Å²) >= 11 is 19.2. The van der Waals surface area contributed by atoms with Crippen molar-refractivity contribution in [2.24, 2.45) is 0 Å². The topological polar surface area (TPSA) is 86.8 Å². The number of benzene rings is 4. The summed E-state index contributed by atoms with van der Waals surface area (Å²) < 4.78 is 29.3. The first kappa shape index (κ1) is 35.3. The first-order valence-corrected chi connectivity index (χ1v) is 17.2. The van der Waals surface area contributed by atoms with Crippen LogP contribution in [0.5, 0.6) is 0 Å². The molecule has 0 aromatic heterocycles. The van der Waals surface area contributed by atoms with Crippen molar-refractivity contribution in [3.8, 4) is 0 Å². The number of anilines is 1. The summed E-state index contributed by atoms with van der Waals surface area (Å²) in [5, 5.41) is 3.99. The van der Waals surface area contributed by atoms with Crippen molar-refractivity contribution in [2.75, 3.05) is 10.8 Å². The summed E-state index contributed by atoms with van der Waals surface area (Å²) in [7, 11) is -4.26. The number of amides is 2. The molecule has 1 N–H and O–H groups in total. The lowest BCUT2D eigenvalue weighted by atomic mass is 10.0. The van der Waals surface area contributed by atoms with Gasteiger partial charge in [-0.25, -0.2) is 8.42 Å². The number of sulfonamides is 1. The number of carbonyl (C=O) groups excluding carboxylic acids is 2. The van der Waals surface area contributed by atoms with Crippen LogP contribution in [0.2, 0.25) is 15.1 Å². The van der Waals surface area contributed by atoms with E-state index in [0.29, 0.717) is 20.6 Å². The smallest absolute Gasteiger partial charge is 0.264 e. The van der Waals surface area contributed by atoms with Gasteiger partial charge in [-0.05, 0) is 81.8 Å². The number of nitrogens with one attached hydrogen (secondary N) is 1. The third-order valence-corrected chi connectivity index (χ3v) is 9.91. The molecule has 0 bridgehead atoms. The highest BCUT2D eigenvalue weighted by molar-refractivity contribution is 7.92. The molecular weight excluding hydrogens is 665 g/mol. The molecule has 4 aromatic rings. The number of rotatable bonds is 11. The average Bonchev–Trinajstić information content (AvgIpc) is 2.99. The van der Waals surface area contributed by atoms with E-state index in [1.807, 2.05) is 58.0 Å². The fraction of sp³-hybridized carbons (Fsp3) is 0.257. The van der Waals surface area contributed by atoms with E-state index in [2.05, 4.69) is 5.32 Å². The lowest BCUT2D eigenvalue weighted by Gasteiger charge is -2.35. The maximum atomic E-state index is 14.6. The highest BCUT2D eigenvalue weighted by Gasteiger charge is 2.36. The molecule has 2 amide bonds. The van der Waals surface area contributed by atoms with E-state index in [1.165, 1.54) is 29.2 Å². The van der Waals surface area contributed by atoms with E-state index in [4.69, 9.17) is 34.8 Å². The summed E-state index contributed by atoms with van der Waals surface area (Å²) in [5.41, 5.74) is 1.82. The standard InChI is InChI=1S/C35H36Cl3N3O4S/c1-24-13-17-27(18-14-24)41(46(44,45)28-19-15-26(36)16-20-28)23-33(42)40(22-29-30(37)11-8-12-31(29)38)32(34(43)39-35(2,3)4)21-25-9-6-5-7-10-25/h5-20,32H,21-23H2,1-4H3,(H,39,43)/t32-/m0/s1. The Kier molecular flexibility index (Phi) is 11.4. The molecule has 0 radical (unpaired) electrons. The molecule has 4 rings (SSSR count). The van der Waals surface area contributed by atoms with Gasteiger partial charge < -0.3 is 10.2 Å². The van der Waals surface area contributed by atoms with Crippen molar-refractivity contribution >= 4 is 62.3 Å². The monoisotopic (exact) mass is 699 g/mol. The maximum Gasteiger partial charge on any atom is 0.264 e. The Labute approximate surface area is 286 Å². The molecule has 0 saturated heterocycles. The molecule has 242 valence electrons. The van der Waals surface area contributed by atoms with Crippen molar-refractivity contribution in [1.29, 1.82) is 0 Å². The molecule has 7 nitrogen and oxygen atoms in total. The van der Waals surface area contributed by atoms with Crippen LogP contribution in [0.4, 0.5) is 5.69 Å². The zero-order chi connectivity index (χ0) is 33.6. The Bertz CT molecular complexity index is 1760. The van der Waals surface area contributed by atoms with Crippen LogP contribution in [0.3, 0.4) is 0 Å². The van der Waals surface area contributed by atoms with Crippen LogP contribution in [0.1, 0.15) is 37.5 Å². The second-order valence-electron chi connectivity index (χ2n) is 12.0. The number of halogens is 3. The molecular formula is C35H36Cl3N3O4S. The van der Waals surface area contributed by atoms with Gasteiger partial charge in [0, 0.05) is 39.1 Å². The van der Waals surface area contributed by atoms with Crippen LogP contribution in [0.25, 0.3) is 0 Å². The molecule has 0 spiro atoms. The Hall–Kier alpha value is -3.56.